The van der Waals surface area contributed by atoms with Crippen LogP contribution in [0.4, 0.5) is 0 Å². The second-order valence-corrected chi connectivity index (χ2v) is 8.38. The summed E-state index contributed by atoms with van der Waals surface area (Å²) in [5, 5.41) is 6.43. The monoisotopic (exact) mass is 418 g/mol. The first-order valence-corrected chi connectivity index (χ1v) is 11.1. The van der Waals surface area contributed by atoms with Gasteiger partial charge in [0.1, 0.15) is 5.75 Å². The van der Waals surface area contributed by atoms with Crippen LogP contribution in [0.15, 0.2) is 72.2 Å². The summed E-state index contributed by atoms with van der Waals surface area (Å²) in [5.41, 5.74) is 3.45. The number of fused-ring (bicyclic) bond motifs is 1. The zero-order valence-corrected chi connectivity index (χ0v) is 17.9. The van der Waals surface area contributed by atoms with Gasteiger partial charge in [0.2, 0.25) is 5.91 Å². The second-order valence-electron chi connectivity index (χ2n) is 7.35. The van der Waals surface area contributed by atoms with E-state index in [1.807, 2.05) is 24.3 Å². The number of carbonyl (C=O) groups is 1. The molecular weight excluding hydrogens is 392 g/mol. The van der Waals surface area contributed by atoms with Gasteiger partial charge in [-0.25, -0.2) is 0 Å². The van der Waals surface area contributed by atoms with Crippen LogP contribution in [0.1, 0.15) is 34.8 Å². The molecule has 30 heavy (non-hydrogen) atoms. The van der Waals surface area contributed by atoms with E-state index in [0.29, 0.717) is 13.0 Å². The molecule has 0 saturated carbocycles. The summed E-state index contributed by atoms with van der Waals surface area (Å²) in [4.78, 5) is 17.2. The van der Waals surface area contributed by atoms with Gasteiger partial charge in [0.15, 0.2) is 0 Å². The molecule has 0 saturated heterocycles. The van der Waals surface area contributed by atoms with Crippen molar-refractivity contribution in [2.24, 2.45) is 0 Å². The molecule has 4 nitrogen and oxygen atoms in total. The Morgan fingerprint density at radius 3 is 2.70 bits per heavy atom. The lowest BCUT2D eigenvalue weighted by Crippen LogP contribution is -2.28. The third-order valence-electron chi connectivity index (χ3n) is 5.43. The number of para-hydroxylation sites is 1. The molecule has 0 aliphatic rings. The fraction of sp³-hybridized carbons (Fsp3) is 0.240. The lowest BCUT2D eigenvalue weighted by molar-refractivity contribution is -0.121. The Morgan fingerprint density at radius 1 is 1.10 bits per heavy atom. The SMILES string of the molecule is COc1ccc(C(CNC(=O)CCCc2cccs2)c2c[nH]c3ccccc23)cc1. The smallest absolute Gasteiger partial charge is 0.220 e. The molecule has 5 heteroatoms. The van der Waals surface area contributed by atoms with Crippen LogP contribution in [0.25, 0.3) is 10.9 Å². The van der Waals surface area contributed by atoms with Crippen LogP contribution < -0.4 is 10.1 Å². The van der Waals surface area contributed by atoms with Crippen molar-refractivity contribution < 1.29 is 9.53 Å². The van der Waals surface area contributed by atoms with Crippen LogP contribution in [0.5, 0.6) is 5.75 Å². The number of hydrogen-bond acceptors (Lipinski definition) is 3. The molecular formula is C25H26N2O2S. The zero-order chi connectivity index (χ0) is 20.8. The summed E-state index contributed by atoms with van der Waals surface area (Å²) in [6.07, 6.45) is 4.42. The predicted octanol–water partition coefficient (Wildman–Crippen LogP) is 5.51. The van der Waals surface area contributed by atoms with E-state index in [4.69, 9.17) is 4.74 Å². The summed E-state index contributed by atoms with van der Waals surface area (Å²) >= 11 is 1.75. The van der Waals surface area contributed by atoms with Crippen LogP contribution in [0.3, 0.4) is 0 Å². The molecule has 4 rings (SSSR count). The molecule has 2 heterocycles. The van der Waals surface area contributed by atoms with Gasteiger partial charge in [0.05, 0.1) is 7.11 Å². The molecule has 2 N–H and O–H groups in total. The molecule has 0 bridgehead atoms. The van der Waals surface area contributed by atoms with E-state index in [2.05, 4.69) is 58.3 Å². The fourth-order valence-electron chi connectivity index (χ4n) is 3.81. The molecule has 0 fully saturated rings. The Labute approximate surface area is 180 Å². The van der Waals surface area contributed by atoms with Crippen molar-refractivity contribution in [3.63, 3.8) is 0 Å². The number of rotatable bonds is 9. The number of hydrogen-bond donors (Lipinski definition) is 2. The number of thiophene rings is 1. The number of aromatic amines is 1. The van der Waals surface area contributed by atoms with Crippen molar-refractivity contribution in [1.82, 2.24) is 10.3 Å². The first kappa shape index (κ1) is 20.2. The van der Waals surface area contributed by atoms with Gasteiger partial charge < -0.3 is 15.0 Å². The highest BCUT2D eigenvalue weighted by Gasteiger charge is 2.19. The van der Waals surface area contributed by atoms with Gasteiger partial charge in [-0.3, -0.25) is 4.79 Å². The molecule has 1 atom stereocenters. The van der Waals surface area contributed by atoms with Gasteiger partial charge in [0.25, 0.3) is 0 Å². The molecule has 0 aliphatic carbocycles. The quantitative estimate of drug-likeness (QED) is 0.377. The lowest BCUT2D eigenvalue weighted by Gasteiger charge is -2.18. The van der Waals surface area contributed by atoms with E-state index in [1.54, 1.807) is 18.4 Å². The number of nitrogens with one attached hydrogen (secondary N) is 2. The maximum Gasteiger partial charge on any atom is 0.220 e. The molecule has 1 amide bonds. The third-order valence-corrected chi connectivity index (χ3v) is 6.36. The van der Waals surface area contributed by atoms with Crippen molar-refractivity contribution >= 4 is 28.1 Å². The number of carbonyl (C=O) groups excluding carboxylic acids is 1. The summed E-state index contributed by atoms with van der Waals surface area (Å²) < 4.78 is 5.31. The maximum absolute atomic E-state index is 12.5. The van der Waals surface area contributed by atoms with Crippen LogP contribution in [-0.2, 0) is 11.2 Å². The molecule has 0 aliphatic heterocycles. The molecule has 4 aromatic rings. The van der Waals surface area contributed by atoms with Gasteiger partial charge in [-0.15, -0.1) is 11.3 Å². The van der Waals surface area contributed by atoms with Crippen LogP contribution in [0.2, 0.25) is 0 Å². The largest absolute Gasteiger partial charge is 0.497 e. The number of benzene rings is 2. The number of ether oxygens (including phenoxy) is 1. The van der Waals surface area contributed by atoms with Gasteiger partial charge in [0, 0.05) is 40.9 Å². The van der Waals surface area contributed by atoms with Crippen LogP contribution >= 0.6 is 11.3 Å². The molecule has 2 aromatic heterocycles. The van der Waals surface area contributed by atoms with E-state index in [1.165, 1.54) is 15.8 Å². The predicted molar refractivity (Wildman–Crippen MR) is 123 cm³/mol. The minimum Gasteiger partial charge on any atom is -0.497 e. The Balaban J connectivity index is 1.48. The van der Waals surface area contributed by atoms with E-state index in [9.17, 15) is 4.79 Å². The van der Waals surface area contributed by atoms with E-state index in [0.717, 1.165) is 29.7 Å². The molecule has 2 aromatic carbocycles. The highest BCUT2D eigenvalue weighted by atomic mass is 32.1. The zero-order valence-electron chi connectivity index (χ0n) is 17.1. The van der Waals surface area contributed by atoms with Crippen LogP contribution in [-0.4, -0.2) is 24.5 Å². The topological polar surface area (TPSA) is 54.1 Å². The molecule has 0 spiro atoms. The average molecular weight is 419 g/mol. The van der Waals surface area contributed by atoms with Crippen molar-refractivity contribution in [2.75, 3.05) is 13.7 Å². The number of H-pyrrole nitrogens is 1. The molecule has 1 unspecified atom stereocenters. The number of methoxy groups -OCH3 is 1. The summed E-state index contributed by atoms with van der Waals surface area (Å²) in [6.45, 7) is 0.562. The number of aromatic nitrogens is 1. The first-order valence-electron chi connectivity index (χ1n) is 10.2. The Hall–Kier alpha value is -3.05. The molecule has 154 valence electrons. The van der Waals surface area contributed by atoms with Gasteiger partial charge >= 0.3 is 0 Å². The first-order chi connectivity index (χ1) is 14.7. The van der Waals surface area contributed by atoms with Crippen LogP contribution in [0, 0.1) is 0 Å². The standard InChI is InChI=1S/C25H26N2O2S/c1-29-19-13-11-18(12-14-19)22(23-17-26-24-9-3-2-8-21(23)24)16-27-25(28)10-4-6-20-7-5-15-30-20/h2-3,5,7-9,11-15,17,22,26H,4,6,10,16H2,1H3,(H,27,28). The average Bonchev–Trinajstić information content (AvgIpc) is 3.45. The second kappa shape index (κ2) is 9.63. The number of amides is 1. The van der Waals surface area contributed by atoms with Crippen molar-refractivity contribution in [1.29, 1.82) is 0 Å². The fourth-order valence-corrected chi connectivity index (χ4v) is 4.56. The highest BCUT2D eigenvalue weighted by molar-refractivity contribution is 7.09. The molecule has 0 radical (unpaired) electrons. The minimum atomic E-state index is 0.0632. The van der Waals surface area contributed by atoms with Crippen molar-refractivity contribution in [3.05, 3.63) is 88.2 Å². The van der Waals surface area contributed by atoms with E-state index < -0.39 is 0 Å². The lowest BCUT2D eigenvalue weighted by atomic mass is 9.90. The van der Waals surface area contributed by atoms with Gasteiger partial charge in [-0.2, -0.15) is 0 Å². The summed E-state index contributed by atoms with van der Waals surface area (Å²) in [6, 6.07) is 20.6. The maximum atomic E-state index is 12.5. The minimum absolute atomic E-state index is 0.0632. The number of aryl methyl sites for hydroxylation is 1. The van der Waals surface area contributed by atoms with Crippen molar-refractivity contribution in [2.45, 2.75) is 25.2 Å². The summed E-state index contributed by atoms with van der Waals surface area (Å²) in [7, 11) is 1.67. The summed E-state index contributed by atoms with van der Waals surface area (Å²) in [5.74, 6) is 0.993. The van der Waals surface area contributed by atoms with Gasteiger partial charge in [-0.05, 0) is 53.6 Å². The third kappa shape index (κ3) is 4.74. The highest BCUT2D eigenvalue weighted by Crippen LogP contribution is 2.31. The normalized spacial score (nSPS) is 12.0. The Kier molecular flexibility index (Phi) is 6.50. The van der Waals surface area contributed by atoms with E-state index in [-0.39, 0.29) is 11.8 Å². The van der Waals surface area contributed by atoms with E-state index >= 15 is 0 Å². The van der Waals surface area contributed by atoms with Gasteiger partial charge in [-0.1, -0.05) is 36.4 Å². The Bertz CT molecular complexity index is 1080. The Morgan fingerprint density at radius 2 is 1.93 bits per heavy atom. The van der Waals surface area contributed by atoms with Crippen molar-refractivity contribution in [3.8, 4) is 5.75 Å².